The van der Waals surface area contributed by atoms with Crippen LogP contribution in [0.4, 0.5) is 0 Å². The monoisotopic (exact) mass is 266 g/mol. The Labute approximate surface area is 116 Å². The van der Waals surface area contributed by atoms with Crippen molar-refractivity contribution in [1.29, 1.82) is 0 Å². The van der Waals surface area contributed by atoms with Gasteiger partial charge in [0.05, 0.1) is 5.56 Å². The molecule has 0 bridgehead atoms. The summed E-state index contributed by atoms with van der Waals surface area (Å²) in [5, 5.41) is 10.0. The highest BCUT2D eigenvalue weighted by molar-refractivity contribution is 5.89. The summed E-state index contributed by atoms with van der Waals surface area (Å²) in [6.45, 7) is 2.11. The molecule has 4 nitrogen and oxygen atoms in total. The molecule has 1 aromatic carbocycles. The molecular weight excluding hydrogens is 252 g/mol. The van der Waals surface area contributed by atoms with Gasteiger partial charge in [0.2, 0.25) is 0 Å². The third-order valence-corrected chi connectivity index (χ3v) is 3.46. The topological polar surface area (TPSA) is 66.0 Å². The zero-order valence-corrected chi connectivity index (χ0v) is 11.1. The number of aromatic amines is 1. The van der Waals surface area contributed by atoms with E-state index in [1.807, 2.05) is 18.3 Å². The van der Waals surface area contributed by atoms with Crippen molar-refractivity contribution < 1.29 is 9.90 Å². The Bertz CT molecular complexity index is 773. The maximum absolute atomic E-state index is 10.9. The van der Waals surface area contributed by atoms with Gasteiger partial charge in [-0.2, -0.15) is 0 Å². The highest BCUT2D eigenvalue weighted by atomic mass is 16.4. The van der Waals surface area contributed by atoms with Crippen LogP contribution in [-0.4, -0.2) is 21.0 Å². The van der Waals surface area contributed by atoms with Gasteiger partial charge in [0, 0.05) is 23.3 Å². The number of carboxylic acid groups (broad SMARTS) is 1. The van der Waals surface area contributed by atoms with E-state index in [1.54, 1.807) is 18.3 Å². The second-order valence-electron chi connectivity index (χ2n) is 4.67. The molecule has 0 amide bonds. The summed E-state index contributed by atoms with van der Waals surface area (Å²) in [7, 11) is 0. The number of carbonyl (C=O) groups is 1. The van der Waals surface area contributed by atoms with Gasteiger partial charge in [-0.25, -0.2) is 9.78 Å². The minimum Gasteiger partial charge on any atom is -0.478 e. The lowest BCUT2D eigenvalue weighted by Crippen LogP contribution is -1.95. The molecule has 2 N–H and O–H groups in total. The first-order valence-electron chi connectivity index (χ1n) is 6.48. The lowest BCUT2D eigenvalue weighted by molar-refractivity contribution is 0.0697. The van der Waals surface area contributed by atoms with Crippen molar-refractivity contribution >= 4 is 17.0 Å². The van der Waals surface area contributed by atoms with Gasteiger partial charge >= 0.3 is 5.97 Å². The van der Waals surface area contributed by atoms with Crippen molar-refractivity contribution in [2.45, 2.75) is 13.3 Å². The van der Waals surface area contributed by atoms with Crippen LogP contribution in [0.2, 0.25) is 0 Å². The van der Waals surface area contributed by atoms with Crippen LogP contribution >= 0.6 is 0 Å². The van der Waals surface area contributed by atoms with Crippen LogP contribution in [0.15, 0.2) is 42.7 Å². The van der Waals surface area contributed by atoms with E-state index < -0.39 is 5.97 Å². The first-order chi connectivity index (χ1) is 9.69. The number of rotatable bonds is 3. The van der Waals surface area contributed by atoms with E-state index in [1.165, 1.54) is 5.56 Å². The third kappa shape index (κ3) is 2.05. The standard InChI is InChI=1S/C16H14N2O2/c1-2-10-8-17-15-14(10)7-13(9-18-15)11-3-5-12(6-4-11)16(19)20/h3-9H,2H2,1H3,(H,17,18)(H,19,20). The zero-order chi connectivity index (χ0) is 14.1. The fourth-order valence-electron chi connectivity index (χ4n) is 2.31. The number of hydrogen-bond donors (Lipinski definition) is 2. The maximum atomic E-state index is 10.9. The Morgan fingerprint density at radius 3 is 2.65 bits per heavy atom. The van der Waals surface area contributed by atoms with Crippen molar-refractivity contribution in [2.24, 2.45) is 0 Å². The summed E-state index contributed by atoms with van der Waals surface area (Å²) in [6.07, 6.45) is 4.73. The van der Waals surface area contributed by atoms with Crippen LogP contribution in [-0.2, 0) is 6.42 Å². The molecule has 2 heterocycles. The van der Waals surface area contributed by atoms with Crippen LogP contribution in [0.1, 0.15) is 22.8 Å². The van der Waals surface area contributed by atoms with Crippen LogP contribution in [0, 0.1) is 0 Å². The molecule has 0 aliphatic carbocycles. The summed E-state index contributed by atoms with van der Waals surface area (Å²) in [5.74, 6) is -0.913. The smallest absolute Gasteiger partial charge is 0.335 e. The molecule has 0 spiro atoms. The Hall–Kier alpha value is -2.62. The van der Waals surface area contributed by atoms with Gasteiger partial charge in [-0.1, -0.05) is 19.1 Å². The van der Waals surface area contributed by atoms with Gasteiger partial charge in [-0.3, -0.25) is 0 Å². The van der Waals surface area contributed by atoms with Gasteiger partial charge in [-0.15, -0.1) is 0 Å². The lowest BCUT2D eigenvalue weighted by Gasteiger charge is -2.03. The minimum atomic E-state index is -0.913. The Morgan fingerprint density at radius 1 is 1.25 bits per heavy atom. The second-order valence-corrected chi connectivity index (χ2v) is 4.67. The summed E-state index contributed by atoms with van der Waals surface area (Å²) in [5.41, 5.74) is 4.36. The van der Waals surface area contributed by atoms with E-state index in [-0.39, 0.29) is 0 Å². The predicted octanol–water partition coefficient (Wildman–Crippen LogP) is 3.49. The van der Waals surface area contributed by atoms with E-state index in [9.17, 15) is 4.79 Å². The molecule has 0 aliphatic rings. The van der Waals surface area contributed by atoms with E-state index >= 15 is 0 Å². The van der Waals surface area contributed by atoms with Crippen molar-refractivity contribution in [1.82, 2.24) is 9.97 Å². The molecule has 100 valence electrons. The Morgan fingerprint density at radius 2 is 2.00 bits per heavy atom. The number of carboxylic acids is 1. The molecule has 4 heteroatoms. The third-order valence-electron chi connectivity index (χ3n) is 3.46. The highest BCUT2D eigenvalue weighted by Gasteiger charge is 2.07. The van der Waals surface area contributed by atoms with Crippen molar-refractivity contribution in [3.63, 3.8) is 0 Å². The van der Waals surface area contributed by atoms with Crippen molar-refractivity contribution in [2.75, 3.05) is 0 Å². The first-order valence-corrected chi connectivity index (χ1v) is 6.48. The van der Waals surface area contributed by atoms with E-state index in [4.69, 9.17) is 5.11 Å². The van der Waals surface area contributed by atoms with E-state index in [0.29, 0.717) is 5.56 Å². The molecule has 3 rings (SSSR count). The van der Waals surface area contributed by atoms with Gasteiger partial charge in [0.1, 0.15) is 5.65 Å². The number of nitrogens with one attached hydrogen (secondary N) is 1. The Balaban J connectivity index is 2.07. The molecule has 20 heavy (non-hydrogen) atoms. The number of H-pyrrole nitrogens is 1. The molecule has 0 radical (unpaired) electrons. The Kier molecular flexibility index (Phi) is 2.99. The fourth-order valence-corrected chi connectivity index (χ4v) is 2.31. The predicted molar refractivity (Wildman–Crippen MR) is 77.9 cm³/mol. The molecular formula is C16H14N2O2. The zero-order valence-electron chi connectivity index (χ0n) is 11.1. The molecule has 0 saturated heterocycles. The van der Waals surface area contributed by atoms with Gasteiger partial charge < -0.3 is 10.1 Å². The van der Waals surface area contributed by atoms with Crippen molar-refractivity contribution in [3.05, 3.63) is 53.9 Å². The van der Waals surface area contributed by atoms with Gasteiger partial charge in [0.25, 0.3) is 0 Å². The fraction of sp³-hybridized carbons (Fsp3) is 0.125. The summed E-state index contributed by atoms with van der Waals surface area (Å²) < 4.78 is 0. The number of aromatic carboxylic acids is 1. The lowest BCUT2D eigenvalue weighted by atomic mass is 10.0. The SMILES string of the molecule is CCc1c[nH]c2ncc(-c3ccc(C(=O)O)cc3)cc12. The number of hydrogen-bond acceptors (Lipinski definition) is 2. The van der Waals surface area contributed by atoms with Crippen LogP contribution in [0.25, 0.3) is 22.2 Å². The molecule has 0 unspecified atom stereocenters. The second kappa shape index (κ2) is 4.81. The van der Waals surface area contributed by atoms with Crippen molar-refractivity contribution in [3.8, 4) is 11.1 Å². The summed E-state index contributed by atoms with van der Waals surface area (Å²) in [6, 6.07) is 8.93. The van der Waals surface area contributed by atoms with E-state index in [2.05, 4.69) is 23.0 Å². The maximum Gasteiger partial charge on any atom is 0.335 e. The first kappa shape index (κ1) is 12.4. The number of benzene rings is 1. The number of aryl methyl sites for hydroxylation is 1. The molecule has 0 aliphatic heterocycles. The molecule has 3 aromatic rings. The van der Waals surface area contributed by atoms with E-state index in [0.717, 1.165) is 28.6 Å². The average molecular weight is 266 g/mol. The quantitative estimate of drug-likeness (QED) is 0.762. The van der Waals surface area contributed by atoms with Gasteiger partial charge in [-0.05, 0) is 35.7 Å². The number of pyridine rings is 1. The van der Waals surface area contributed by atoms with Crippen LogP contribution in [0.3, 0.4) is 0 Å². The number of fused-ring (bicyclic) bond motifs is 1. The van der Waals surface area contributed by atoms with Crippen LogP contribution < -0.4 is 0 Å². The molecule has 0 atom stereocenters. The molecule has 0 saturated carbocycles. The average Bonchev–Trinajstić information content (AvgIpc) is 2.89. The minimum absolute atomic E-state index is 0.290. The van der Waals surface area contributed by atoms with Gasteiger partial charge in [0.15, 0.2) is 0 Å². The number of aromatic nitrogens is 2. The molecule has 0 fully saturated rings. The number of nitrogens with zero attached hydrogens (tertiary/aromatic N) is 1. The highest BCUT2D eigenvalue weighted by Crippen LogP contribution is 2.25. The largest absolute Gasteiger partial charge is 0.478 e. The van der Waals surface area contributed by atoms with Crippen LogP contribution in [0.5, 0.6) is 0 Å². The normalized spacial score (nSPS) is 10.8. The molecule has 2 aromatic heterocycles. The summed E-state index contributed by atoms with van der Waals surface area (Å²) in [4.78, 5) is 18.4. The summed E-state index contributed by atoms with van der Waals surface area (Å²) >= 11 is 0.